The molecule has 8 heteroatoms. The number of carbonyl (C=O) groups is 3. The van der Waals surface area contributed by atoms with Gasteiger partial charge in [-0.3, -0.25) is 18.8 Å². The van der Waals surface area contributed by atoms with Crippen LogP contribution in [0.3, 0.4) is 0 Å². The van der Waals surface area contributed by atoms with Crippen LogP contribution in [0, 0.1) is 11.8 Å². The molecule has 0 fully saturated rings. The van der Waals surface area contributed by atoms with Crippen molar-refractivity contribution in [2.45, 2.75) is 297 Å². The molecule has 1 amide bonds. The predicted molar refractivity (Wildman–Crippen MR) is 281 cm³/mol. The molecular formula is C58H113FN2O5. The van der Waals surface area contributed by atoms with E-state index in [0.29, 0.717) is 50.7 Å². The molecule has 2 unspecified atom stereocenters. The van der Waals surface area contributed by atoms with Gasteiger partial charge in [-0.25, -0.2) is 0 Å². The van der Waals surface area contributed by atoms with Crippen LogP contribution in [0.5, 0.6) is 0 Å². The Labute approximate surface area is 410 Å². The van der Waals surface area contributed by atoms with E-state index in [2.05, 4.69) is 51.6 Å². The highest BCUT2D eigenvalue weighted by atomic mass is 19.1. The summed E-state index contributed by atoms with van der Waals surface area (Å²) < 4.78 is 24.5. The Hall–Kier alpha value is -1.70. The van der Waals surface area contributed by atoms with Crippen molar-refractivity contribution in [3.05, 3.63) is 0 Å². The van der Waals surface area contributed by atoms with Crippen LogP contribution in [0.1, 0.15) is 291 Å². The number of esters is 2. The monoisotopic (exact) mass is 937 g/mol. The fourth-order valence-corrected chi connectivity index (χ4v) is 9.56. The van der Waals surface area contributed by atoms with E-state index in [1.807, 2.05) is 0 Å². The maximum Gasteiger partial charge on any atom is 0.305 e. The largest absolute Gasteiger partial charge is 0.465 e. The molecule has 0 radical (unpaired) electrons. The fraction of sp³-hybridized carbons (Fsp3) is 0.948. The van der Waals surface area contributed by atoms with Gasteiger partial charge in [-0.05, 0) is 103 Å². The van der Waals surface area contributed by atoms with E-state index in [4.69, 9.17) is 9.47 Å². The van der Waals surface area contributed by atoms with E-state index in [1.165, 1.54) is 141 Å². The molecule has 0 saturated carbocycles. The number of amides is 1. The fourth-order valence-electron chi connectivity index (χ4n) is 9.56. The average Bonchev–Trinajstić information content (AvgIpc) is 3.30. The number of halogens is 1. The lowest BCUT2D eigenvalue weighted by atomic mass is 9.95. The lowest BCUT2D eigenvalue weighted by Gasteiger charge is -2.33. The third-order valence-electron chi connectivity index (χ3n) is 13.9. The molecule has 0 aliphatic rings. The van der Waals surface area contributed by atoms with Gasteiger partial charge in [0.1, 0.15) is 0 Å². The molecule has 0 N–H and O–H groups in total. The molecule has 0 bridgehead atoms. The SMILES string of the molecule is CCCCCCCCC(CCCCCC)COC(=O)CCCCCC(CCCCCC(=O)OCC(CCCCCC)CCCCCCCC)N(CCCN(C)C)C(=O)CCCCCCCF. The molecule has 2 atom stereocenters. The molecule has 0 aliphatic heterocycles. The van der Waals surface area contributed by atoms with E-state index < -0.39 is 0 Å². The van der Waals surface area contributed by atoms with Crippen LogP contribution < -0.4 is 0 Å². The van der Waals surface area contributed by atoms with Crippen molar-refractivity contribution in [1.29, 1.82) is 0 Å². The van der Waals surface area contributed by atoms with Crippen molar-refractivity contribution in [2.75, 3.05) is 47.1 Å². The van der Waals surface area contributed by atoms with E-state index >= 15 is 0 Å². The normalized spacial score (nSPS) is 13.0. The van der Waals surface area contributed by atoms with Gasteiger partial charge in [0.15, 0.2) is 0 Å². The van der Waals surface area contributed by atoms with Crippen molar-refractivity contribution in [3.63, 3.8) is 0 Å². The third kappa shape index (κ3) is 42.4. The maximum absolute atomic E-state index is 13.9. The Morgan fingerprint density at radius 2 is 0.727 bits per heavy atom. The zero-order valence-corrected chi connectivity index (χ0v) is 45.1. The minimum absolute atomic E-state index is 0.0566. The Bertz CT molecular complexity index is 1000. The zero-order valence-electron chi connectivity index (χ0n) is 45.1. The van der Waals surface area contributed by atoms with E-state index in [1.54, 1.807) is 0 Å². The van der Waals surface area contributed by atoms with Gasteiger partial charge < -0.3 is 19.3 Å². The summed E-state index contributed by atoms with van der Waals surface area (Å²) in [6, 6.07) is 0.149. The van der Waals surface area contributed by atoms with Crippen molar-refractivity contribution in [1.82, 2.24) is 9.80 Å². The summed E-state index contributed by atoms with van der Waals surface area (Å²) in [5.41, 5.74) is 0. The number of nitrogens with zero attached hydrogens (tertiary/aromatic N) is 2. The Kier molecular flexibility index (Phi) is 48.4. The first-order valence-corrected chi connectivity index (χ1v) is 29.0. The summed E-state index contributed by atoms with van der Waals surface area (Å²) in [6.07, 6.45) is 44.3. The average molecular weight is 938 g/mol. The highest BCUT2D eigenvalue weighted by molar-refractivity contribution is 5.76. The minimum atomic E-state index is -0.263. The van der Waals surface area contributed by atoms with Gasteiger partial charge >= 0.3 is 11.9 Å². The molecule has 0 rings (SSSR count). The first-order valence-electron chi connectivity index (χ1n) is 29.0. The van der Waals surface area contributed by atoms with Crippen LogP contribution in [0.4, 0.5) is 4.39 Å². The summed E-state index contributed by atoms with van der Waals surface area (Å²) in [5, 5.41) is 0. The molecule has 392 valence electrons. The summed E-state index contributed by atoms with van der Waals surface area (Å²) in [4.78, 5) is 44.2. The molecule has 7 nitrogen and oxygen atoms in total. The second kappa shape index (κ2) is 49.7. The molecule has 0 spiro atoms. The highest BCUT2D eigenvalue weighted by Gasteiger charge is 2.23. The van der Waals surface area contributed by atoms with Crippen LogP contribution in [0.2, 0.25) is 0 Å². The number of alkyl halides is 1. The standard InChI is InChI=1S/C58H113FN2O5/c1-7-11-15-19-22-30-41-53(39-28-17-13-9-3)51-65-57(63)46-35-26-32-43-55(61(50-38-49-60(5)6)56(62)45-34-24-21-25-37-48-59)44-33-27-36-47-58(64)66-52-54(40-29-18-14-10-4)42-31-23-20-16-12-8-2/h53-55H,7-52H2,1-6H3. The molecule has 0 aliphatic carbocycles. The van der Waals surface area contributed by atoms with Crippen molar-refractivity contribution < 1.29 is 28.2 Å². The molecule has 0 aromatic rings. The molecule has 66 heavy (non-hydrogen) atoms. The number of carbonyl (C=O) groups excluding carboxylic acids is 3. The van der Waals surface area contributed by atoms with Gasteiger partial charge in [0.2, 0.25) is 5.91 Å². The number of hydrogen-bond acceptors (Lipinski definition) is 6. The molecule has 0 aromatic heterocycles. The Morgan fingerprint density at radius 3 is 1.14 bits per heavy atom. The van der Waals surface area contributed by atoms with Crippen molar-refractivity contribution in [2.24, 2.45) is 11.8 Å². The van der Waals surface area contributed by atoms with Gasteiger partial charge in [-0.15, -0.1) is 0 Å². The number of hydrogen-bond donors (Lipinski definition) is 0. The van der Waals surface area contributed by atoms with E-state index in [0.717, 1.165) is 109 Å². The van der Waals surface area contributed by atoms with E-state index in [-0.39, 0.29) is 30.6 Å². The first kappa shape index (κ1) is 64.3. The number of rotatable bonds is 52. The molecular weight excluding hydrogens is 824 g/mol. The summed E-state index contributed by atoms with van der Waals surface area (Å²) in [7, 11) is 4.17. The van der Waals surface area contributed by atoms with Gasteiger partial charge in [-0.1, -0.05) is 201 Å². The van der Waals surface area contributed by atoms with Gasteiger partial charge in [0.05, 0.1) is 19.9 Å². The Balaban J connectivity index is 5.33. The molecule has 0 aromatic carbocycles. The second-order valence-electron chi connectivity index (χ2n) is 20.7. The lowest BCUT2D eigenvalue weighted by Crippen LogP contribution is -2.41. The number of unbranched alkanes of at least 4 members (excludes halogenated alkanes) is 24. The maximum atomic E-state index is 13.9. The zero-order chi connectivity index (χ0) is 48.6. The minimum Gasteiger partial charge on any atom is -0.465 e. The summed E-state index contributed by atoms with van der Waals surface area (Å²) >= 11 is 0. The van der Waals surface area contributed by atoms with Crippen LogP contribution in [-0.4, -0.2) is 80.8 Å². The third-order valence-corrected chi connectivity index (χ3v) is 13.9. The van der Waals surface area contributed by atoms with Gasteiger partial charge in [-0.2, -0.15) is 0 Å². The van der Waals surface area contributed by atoms with E-state index in [9.17, 15) is 18.8 Å². The van der Waals surface area contributed by atoms with Crippen LogP contribution in [-0.2, 0) is 23.9 Å². The quantitative estimate of drug-likeness (QED) is 0.0447. The van der Waals surface area contributed by atoms with Crippen molar-refractivity contribution in [3.8, 4) is 0 Å². The molecule has 0 heterocycles. The van der Waals surface area contributed by atoms with Gasteiger partial charge in [0, 0.05) is 31.8 Å². The van der Waals surface area contributed by atoms with Crippen molar-refractivity contribution >= 4 is 17.8 Å². The predicted octanol–water partition coefficient (Wildman–Crippen LogP) is 17.1. The lowest BCUT2D eigenvalue weighted by molar-refractivity contribution is -0.146. The number of ether oxygens (including phenoxy) is 2. The molecule has 0 saturated heterocycles. The Morgan fingerprint density at radius 1 is 0.394 bits per heavy atom. The van der Waals surface area contributed by atoms with Crippen LogP contribution in [0.25, 0.3) is 0 Å². The smallest absolute Gasteiger partial charge is 0.305 e. The summed E-state index contributed by atoms with van der Waals surface area (Å²) in [6.45, 7) is 11.6. The topological polar surface area (TPSA) is 76.2 Å². The highest BCUT2D eigenvalue weighted by Crippen LogP contribution is 2.24. The first-order chi connectivity index (χ1) is 32.2. The van der Waals surface area contributed by atoms with Gasteiger partial charge in [0.25, 0.3) is 0 Å². The van der Waals surface area contributed by atoms with Crippen LogP contribution in [0.15, 0.2) is 0 Å². The summed E-state index contributed by atoms with van der Waals surface area (Å²) in [5.74, 6) is 1.09. The van der Waals surface area contributed by atoms with Crippen LogP contribution >= 0.6 is 0 Å². The second-order valence-corrected chi connectivity index (χ2v) is 20.7.